The number of benzene rings is 3. The second-order valence-electron chi connectivity index (χ2n) is 9.64. The molecular formula is C28H29N5O2. The Kier molecular flexibility index (Phi) is 5.96. The van der Waals surface area contributed by atoms with Gasteiger partial charge in [0, 0.05) is 19.6 Å². The number of hydrogen-bond donors (Lipinski definition) is 2. The standard InChI is InChI=1S/C28H29N5O2/c1-19-30-27(26(29)34)31-33(19)25-13-7-21(8-14-25)15-20-3-9-23(10-4-20)24-11-5-22(6-12-24)16-32-17-28(2,35)18-32/h3-14,35H,15-18H2,1-2H3,(H2,29,34). The molecule has 0 spiro atoms. The van der Waals surface area contributed by atoms with E-state index in [2.05, 4.69) is 75.6 Å². The lowest BCUT2D eigenvalue weighted by Gasteiger charge is -2.44. The summed E-state index contributed by atoms with van der Waals surface area (Å²) in [7, 11) is 0. The number of aryl methyl sites for hydroxylation is 1. The third kappa shape index (κ3) is 5.16. The Hall–Kier alpha value is -3.81. The number of hydrogen-bond acceptors (Lipinski definition) is 5. The van der Waals surface area contributed by atoms with E-state index in [4.69, 9.17) is 5.73 Å². The van der Waals surface area contributed by atoms with Crippen molar-refractivity contribution in [3.05, 3.63) is 101 Å². The van der Waals surface area contributed by atoms with E-state index >= 15 is 0 Å². The van der Waals surface area contributed by atoms with Gasteiger partial charge in [0.25, 0.3) is 5.91 Å². The van der Waals surface area contributed by atoms with Crippen LogP contribution in [0.15, 0.2) is 72.8 Å². The number of aliphatic hydroxyl groups is 1. The Morgan fingerprint density at radius 3 is 1.91 bits per heavy atom. The second-order valence-corrected chi connectivity index (χ2v) is 9.64. The highest BCUT2D eigenvalue weighted by atomic mass is 16.3. The molecule has 35 heavy (non-hydrogen) atoms. The fraction of sp³-hybridized carbons (Fsp3) is 0.250. The minimum Gasteiger partial charge on any atom is -0.388 e. The lowest BCUT2D eigenvalue weighted by molar-refractivity contribution is -0.0871. The quantitative estimate of drug-likeness (QED) is 0.434. The summed E-state index contributed by atoms with van der Waals surface area (Å²) in [4.78, 5) is 17.7. The van der Waals surface area contributed by atoms with Gasteiger partial charge < -0.3 is 10.8 Å². The van der Waals surface area contributed by atoms with Crippen LogP contribution in [-0.2, 0) is 13.0 Å². The highest BCUT2D eigenvalue weighted by Crippen LogP contribution is 2.25. The Morgan fingerprint density at radius 2 is 1.43 bits per heavy atom. The summed E-state index contributed by atoms with van der Waals surface area (Å²) in [6.45, 7) is 6.01. The topological polar surface area (TPSA) is 97.3 Å². The number of amides is 1. The summed E-state index contributed by atoms with van der Waals surface area (Å²) in [5, 5.41) is 14.1. The maximum Gasteiger partial charge on any atom is 0.288 e. The van der Waals surface area contributed by atoms with Gasteiger partial charge in [0.2, 0.25) is 5.82 Å². The molecule has 7 heteroatoms. The molecule has 1 saturated heterocycles. The molecule has 3 N–H and O–H groups in total. The molecule has 178 valence electrons. The molecule has 7 nitrogen and oxygen atoms in total. The van der Waals surface area contributed by atoms with Crippen molar-refractivity contribution in [3.8, 4) is 16.8 Å². The predicted octanol–water partition coefficient (Wildman–Crippen LogP) is 3.50. The van der Waals surface area contributed by atoms with Gasteiger partial charge in [0.15, 0.2) is 0 Å². The number of rotatable bonds is 7. The van der Waals surface area contributed by atoms with Gasteiger partial charge in [-0.25, -0.2) is 9.67 Å². The van der Waals surface area contributed by atoms with Crippen molar-refractivity contribution in [2.24, 2.45) is 5.73 Å². The zero-order chi connectivity index (χ0) is 24.6. The van der Waals surface area contributed by atoms with Crippen LogP contribution in [0.3, 0.4) is 0 Å². The average molecular weight is 468 g/mol. The Balaban J connectivity index is 1.21. The van der Waals surface area contributed by atoms with Gasteiger partial charge in [-0.2, -0.15) is 0 Å². The number of likely N-dealkylation sites (tertiary alicyclic amines) is 1. The normalized spacial score (nSPS) is 15.1. The lowest BCUT2D eigenvalue weighted by Crippen LogP contribution is -2.59. The van der Waals surface area contributed by atoms with Crippen molar-refractivity contribution in [3.63, 3.8) is 0 Å². The third-order valence-corrected chi connectivity index (χ3v) is 6.35. The number of carbonyl (C=O) groups is 1. The largest absolute Gasteiger partial charge is 0.388 e. The molecule has 1 aromatic heterocycles. The van der Waals surface area contributed by atoms with Crippen LogP contribution in [0, 0.1) is 6.92 Å². The van der Waals surface area contributed by atoms with Crippen molar-refractivity contribution in [2.45, 2.75) is 32.4 Å². The van der Waals surface area contributed by atoms with Crippen molar-refractivity contribution >= 4 is 5.91 Å². The van der Waals surface area contributed by atoms with E-state index in [1.807, 2.05) is 19.1 Å². The van der Waals surface area contributed by atoms with Gasteiger partial charge in [0.05, 0.1) is 11.3 Å². The first kappa shape index (κ1) is 23.0. The summed E-state index contributed by atoms with van der Waals surface area (Å²) in [6.07, 6.45) is 0.821. The maximum absolute atomic E-state index is 11.3. The first-order chi connectivity index (χ1) is 16.8. The van der Waals surface area contributed by atoms with Gasteiger partial charge >= 0.3 is 0 Å². The van der Waals surface area contributed by atoms with Gasteiger partial charge in [-0.1, -0.05) is 60.7 Å². The van der Waals surface area contributed by atoms with Crippen LogP contribution in [0.5, 0.6) is 0 Å². The Bertz CT molecular complexity index is 1330. The van der Waals surface area contributed by atoms with Crippen molar-refractivity contribution in [1.29, 1.82) is 0 Å². The van der Waals surface area contributed by atoms with Crippen molar-refractivity contribution in [1.82, 2.24) is 19.7 Å². The highest BCUT2D eigenvalue weighted by Gasteiger charge is 2.35. The number of aromatic nitrogens is 3. The van der Waals surface area contributed by atoms with E-state index < -0.39 is 11.5 Å². The van der Waals surface area contributed by atoms with E-state index in [1.54, 1.807) is 11.6 Å². The molecule has 0 atom stereocenters. The molecule has 1 fully saturated rings. The summed E-state index contributed by atoms with van der Waals surface area (Å²) in [5.41, 5.74) is 11.6. The predicted molar refractivity (Wildman–Crippen MR) is 135 cm³/mol. The third-order valence-electron chi connectivity index (χ3n) is 6.35. The second kappa shape index (κ2) is 9.09. The molecular weight excluding hydrogens is 438 g/mol. The minimum atomic E-state index is -0.635. The fourth-order valence-corrected chi connectivity index (χ4v) is 4.63. The van der Waals surface area contributed by atoms with Crippen LogP contribution in [0.2, 0.25) is 0 Å². The van der Waals surface area contributed by atoms with Gasteiger partial charge in [-0.05, 0) is 60.2 Å². The molecule has 1 amide bonds. The number of primary amides is 1. The zero-order valence-electron chi connectivity index (χ0n) is 20.0. The molecule has 5 rings (SSSR count). The molecule has 2 heterocycles. The fourth-order valence-electron chi connectivity index (χ4n) is 4.63. The van der Waals surface area contributed by atoms with Crippen molar-refractivity contribution < 1.29 is 9.90 Å². The Morgan fingerprint density at radius 1 is 0.914 bits per heavy atom. The molecule has 1 aliphatic rings. The van der Waals surface area contributed by atoms with E-state index in [0.717, 1.165) is 31.7 Å². The van der Waals surface area contributed by atoms with Crippen LogP contribution < -0.4 is 5.73 Å². The molecule has 1 aliphatic heterocycles. The lowest BCUT2D eigenvalue weighted by atomic mass is 9.95. The SMILES string of the molecule is Cc1nc(C(N)=O)nn1-c1ccc(Cc2ccc(-c3ccc(CN4CC(C)(O)C4)cc3)cc2)cc1. The van der Waals surface area contributed by atoms with Gasteiger partial charge in [0.1, 0.15) is 5.82 Å². The van der Waals surface area contributed by atoms with Gasteiger partial charge in [-0.3, -0.25) is 9.69 Å². The highest BCUT2D eigenvalue weighted by molar-refractivity contribution is 5.88. The number of nitrogens with zero attached hydrogens (tertiary/aromatic N) is 4. The first-order valence-electron chi connectivity index (χ1n) is 11.7. The number of nitrogens with two attached hydrogens (primary N) is 1. The van der Waals surface area contributed by atoms with Crippen LogP contribution >= 0.6 is 0 Å². The molecule has 3 aromatic carbocycles. The summed E-state index contributed by atoms with van der Waals surface area (Å²) in [5.74, 6) is 0.000269. The summed E-state index contributed by atoms with van der Waals surface area (Å²) in [6, 6.07) is 25.4. The molecule has 4 aromatic rings. The number of carbonyl (C=O) groups excluding carboxylic acids is 1. The van der Waals surface area contributed by atoms with E-state index in [0.29, 0.717) is 5.82 Å². The van der Waals surface area contributed by atoms with E-state index in [9.17, 15) is 9.90 Å². The molecule has 0 aliphatic carbocycles. The van der Waals surface area contributed by atoms with Crippen LogP contribution in [0.4, 0.5) is 0 Å². The Labute approximate surface area is 204 Å². The molecule has 0 radical (unpaired) electrons. The molecule has 0 unspecified atom stereocenters. The van der Waals surface area contributed by atoms with Gasteiger partial charge in [-0.15, -0.1) is 5.10 Å². The van der Waals surface area contributed by atoms with Crippen molar-refractivity contribution in [2.75, 3.05) is 13.1 Å². The molecule has 0 bridgehead atoms. The smallest absolute Gasteiger partial charge is 0.288 e. The summed E-state index contributed by atoms with van der Waals surface area (Å²) >= 11 is 0. The molecule has 0 saturated carbocycles. The van der Waals surface area contributed by atoms with Crippen LogP contribution in [0.1, 0.15) is 40.1 Å². The number of β-amino-alcohol motifs (C(OH)–C–C–N with tert-alkyl or cyclic N) is 1. The average Bonchev–Trinajstić information content (AvgIpc) is 3.21. The van der Waals surface area contributed by atoms with E-state index in [1.165, 1.54) is 27.8 Å². The maximum atomic E-state index is 11.3. The first-order valence-corrected chi connectivity index (χ1v) is 11.7. The zero-order valence-corrected chi connectivity index (χ0v) is 20.0. The monoisotopic (exact) mass is 467 g/mol. The minimum absolute atomic E-state index is 0.0201. The van der Waals surface area contributed by atoms with Crippen LogP contribution in [0.25, 0.3) is 16.8 Å². The van der Waals surface area contributed by atoms with Crippen LogP contribution in [-0.4, -0.2) is 49.4 Å². The van der Waals surface area contributed by atoms with E-state index in [-0.39, 0.29) is 5.82 Å². The summed E-state index contributed by atoms with van der Waals surface area (Å²) < 4.78 is 1.62.